The monoisotopic (exact) mass is 314 g/mol. The average molecular weight is 315 g/mol. The van der Waals surface area contributed by atoms with Gasteiger partial charge in [0.2, 0.25) is 0 Å². The van der Waals surface area contributed by atoms with Crippen molar-refractivity contribution in [3.63, 3.8) is 0 Å². The Morgan fingerprint density at radius 1 is 1.50 bits per heavy atom. The lowest BCUT2D eigenvalue weighted by atomic mass is 10.2. The van der Waals surface area contributed by atoms with E-state index in [-0.39, 0.29) is 5.15 Å². The molecule has 1 fully saturated rings. The zero-order chi connectivity index (χ0) is 14.9. The molecule has 1 saturated heterocycles. The van der Waals surface area contributed by atoms with Crippen LogP contribution in [-0.2, 0) is 4.74 Å². The Morgan fingerprint density at radius 2 is 2.20 bits per heavy atom. The number of aromatic nitrogens is 1. The van der Waals surface area contributed by atoms with Gasteiger partial charge in [0.25, 0.3) is 0 Å². The van der Waals surface area contributed by atoms with Gasteiger partial charge in [0, 0.05) is 13.1 Å². The predicted octanol–water partition coefficient (Wildman–Crippen LogP) is 3.03. The molecule has 1 aliphatic heterocycles. The highest BCUT2D eigenvalue weighted by Crippen LogP contribution is 2.34. The van der Waals surface area contributed by atoms with Crippen LogP contribution in [0, 0.1) is 11.3 Å². The van der Waals surface area contributed by atoms with E-state index in [1.54, 1.807) is 5.01 Å². The first kappa shape index (κ1) is 14.9. The van der Waals surface area contributed by atoms with Crippen molar-refractivity contribution in [2.45, 2.75) is 32.8 Å². The van der Waals surface area contributed by atoms with Crippen molar-refractivity contribution >= 4 is 34.2 Å². The van der Waals surface area contributed by atoms with E-state index in [1.165, 1.54) is 5.01 Å². The Bertz CT molecular complexity index is 561. The van der Waals surface area contributed by atoms with Crippen molar-refractivity contribution in [2.75, 3.05) is 18.1 Å². The highest BCUT2D eigenvalue weighted by atomic mass is 35.5. The maximum Gasteiger partial charge on any atom is 0.429 e. The fourth-order valence-corrected chi connectivity index (χ4v) is 2.93. The summed E-state index contributed by atoms with van der Waals surface area (Å²) in [6, 6.07) is 2.02. The van der Waals surface area contributed by atoms with E-state index in [0.717, 1.165) is 18.0 Å². The molecule has 108 valence electrons. The third kappa shape index (κ3) is 2.97. The largest absolute Gasteiger partial charge is 0.442 e. The van der Waals surface area contributed by atoms with Crippen LogP contribution in [0.4, 0.5) is 9.80 Å². The Labute approximate surface area is 126 Å². The first-order valence-electron chi connectivity index (χ1n) is 6.16. The number of nitrogens with zero attached hydrogens (tertiary/aromatic N) is 4. The summed E-state index contributed by atoms with van der Waals surface area (Å²) >= 11 is 6.98. The molecule has 20 heavy (non-hydrogen) atoms. The minimum Gasteiger partial charge on any atom is -0.442 e. The number of carbonyl (C=O) groups is 1. The van der Waals surface area contributed by atoms with Crippen LogP contribution in [0.3, 0.4) is 0 Å². The van der Waals surface area contributed by atoms with Crippen LogP contribution in [0.25, 0.3) is 0 Å². The number of hydrogen-bond donors (Lipinski definition) is 0. The van der Waals surface area contributed by atoms with Gasteiger partial charge in [-0.05, 0) is 38.7 Å². The molecular formula is C12H15ClN4O2S. The van der Waals surface area contributed by atoms with Gasteiger partial charge >= 0.3 is 6.09 Å². The zero-order valence-corrected chi connectivity index (χ0v) is 13.1. The number of amides is 1. The lowest BCUT2D eigenvalue weighted by molar-refractivity contribution is 0.0275. The van der Waals surface area contributed by atoms with Crippen LogP contribution in [-0.4, -0.2) is 34.2 Å². The highest BCUT2D eigenvalue weighted by molar-refractivity contribution is 7.10. The Balaban J connectivity index is 2.23. The fraction of sp³-hybridized carbons (Fsp3) is 0.583. The summed E-state index contributed by atoms with van der Waals surface area (Å²) in [5.41, 5.74) is -0.263. The molecule has 0 radical (unpaired) electrons. The maximum atomic E-state index is 12.2. The maximum absolute atomic E-state index is 12.2. The van der Waals surface area contributed by atoms with E-state index in [1.807, 2.05) is 26.8 Å². The van der Waals surface area contributed by atoms with Gasteiger partial charge in [0.15, 0.2) is 10.2 Å². The van der Waals surface area contributed by atoms with Crippen molar-refractivity contribution in [3.05, 3.63) is 10.7 Å². The van der Waals surface area contributed by atoms with E-state index in [2.05, 4.69) is 4.37 Å². The summed E-state index contributed by atoms with van der Waals surface area (Å²) in [5, 5.41) is 13.1. The van der Waals surface area contributed by atoms with Crippen molar-refractivity contribution in [3.8, 4) is 6.07 Å². The number of halogens is 1. The van der Waals surface area contributed by atoms with Crippen molar-refractivity contribution < 1.29 is 9.53 Å². The second kappa shape index (κ2) is 5.46. The lowest BCUT2D eigenvalue weighted by Crippen LogP contribution is -2.44. The number of hydrogen-bond acceptors (Lipinski definition) is 6. The molecular weight excluding hydrogens is 300 g/mol. The summed E-state index contributed by atoms with van der Waals surface area (Å²) in [7, 11) is 0. The minimum absolute atomic E-state index is 0.170. The molecule has 2 heterocycles. The number of ether oxygens (including phenoxy) is 1. The molecule has 0 bridgehead atoms. The molecule has 1 aliphatic rings. The van der Waals surface area contributed by atoms with E-state index >= 15 is 0 Å². The normalized spacial score (nSPS) is 15.3. The fourth-order valence-electron chi connectivity index (χ4n) is 1.86. The molecule has 0 spiro atoms. The molecule has 8 heteroatoms. The molecule has 0 saturated carbocycles. The first-order valence-corrected chi connectivity index (χ1v) is 7.32. The van der Waals surface area contributed by atoms with Crippen LogP contribution >= 0.6 is 23.1 Å². The molecule has 0 aromatic carbocycles. The van der Waals surface area contributed by atoms with Gasteiger partial charge in [-0.1, -0.05) is 11.6 Å². The molecule has 2 rings (SSSR count). The molecule has 1 amide bonds. The van der Waals surface area contributed by atoms with Crippen LogP contribution < -0.4 is 5.01 Å². The van der Waals surface area contributed by atoms with Crippen LogP contribution in [0.1, 0.15) is 32.8 Å². The van der Waals surface area contributed by atoms with Gasteiger partial charge in [0.05, 0.1) is 0 Å². The molecule has 1 aromatic rings. The number of hydrazine groups is 1. The number of nitriles is 1. The zero-order valence-electron chi connectivity index (χ0n) is 11.5. The summed E-state index contributed by atoms with van der Waals surface area (Å²) in [5.74, 6) is 0. The lowest BCUT2D eigenvalue weighted by Gasteiger charge is -2.30. The second-order valence-corrected chi connectivity index (χ2v) is 6.46. The topological polar surface area (TPSA) is 69.5 Å². The minimum atomic E-state index is -0.561. The molecule has 1 aromatic heterocycles. The average Bonchev–Trinajstić information content (AvgIpc) is 2.92. The van der Waals surface area contributed by atoms with E-state index < -0.39 is 11.7 Å². The smallest absolute Gasteiger partial charge is 0.429 e. The Morgan fingerprint density at radius 3 is 2.80 bits per heavy atom. The van der Waals surface area contributed by atoms with Crippen molar-refractivity contribution in [1.82, 2.24) is 9.38 Å². The third-order valence-corrected chi connectivity index (χ3v) is 3.85. The van der Waals surface area contributed by atoms with Crippen LogP contribution in [0.5, 0.6) is 0 Å². The quantitative estimate of drug-likeness (QED) is 0.797. The van der Waals surface area contributed by atoms with Crippen LogP contribution in [0.15, 0.2) is 0 Å². The summed E-state index contributed by atoms with van der Waals surface area (Å²) < 4.78 is 9.33. The highest BCUT2D eigenvalue weighted by Gasteiger charge is 2.33. The first-order chi connectivity index (χ1) is 9.33. The molecule has 0 unspecified atom stereocenters. The van der Waals surface area contributed by atoms with Gasteiger partial charge in [0.1, 0.15) is 17.2 Å². The van der Waals surface area contributed by atoms with E-state index in [0.29, 0.717) is 23.7 Å². The van der Waals surface area contributed by atoms with E-state index in [4.69, 9.17) is 21.6 Å². The van der Waals surface area contributed by atoms with Crippen LogP contribution in [0.2, 0.25) is 5.15 Å². The van der Waals surface area contributed by atoms with Gasteiger partial charge in [-0.2, -0.15) is 9.64 Å². The SMILES string of the molecule is CC(C)(C)OC(=O)N1CCCN1c1snc(Cl)c1C#N. The summed E-state index contributed by atoms with van der Waals surface area (Å²) in [6.07, 6.45) is 0.378. The Hall–Kier alpha value is -1.52. The molecule has 0 atom stereocenters. The third-order valence-electron chi connectivity index (χ3n) is 2.61. The van der Waals surface area contributed by atoms with E-state index in [9.17, 15) is 4.79 Å². The predicted molar refractivity (Wildman–Crippen MR) is 76.7 cm³/mol. The number of anilines is 1. The molecule has 0 N–H and O–H groups in total. The van der Waals surface area contributed by atoms with Crippen molar-refractivity contribution in [2.24, 2.45) is 0 Å². The number of carbonyl (C=O) groups excluding carboxylic acids is 1. The van der Waals surface area contributed by atoms with Gasteiger partial charge in [-0.25, -0.2) is 9.80 Å². The van der Waals surface area contributed by atoms with Gasteiger partial charge in [-0.15, -0.1) is 0 Å². The molecule has 6 nitrogen and oxygen atoms in total. The van der Waals surface area contributed by atoms with Gasteiger partial charge in [-0.3, -0.25) is 5.01 Å². The summed E-state index contributed by atoms with van der Waals surface area (Å²) in [4.78, 5) is 12.2. The van der Waals surface area contributed by atoms with Crippen molar-refractivity contribution in [1.29, 1.82) is 5.26 Å². The standard InChI is InChI=1S/C12H15ClN4O2S/c1-12(2,3)19-11(18)17-6-4-5-16(17)10-8(7-14)9(13)15-20-10/h4-6H2,1-3H3. The second-order valence-electron chi connectivity index (χ2n) is 5.35. The molecule has 0 aliphatic carbocycles. The van der Waals surface area contributed by atoms with Gasteiger partial charge < -0.3 is 4.74 Å². The Kier molecular flexibility index (Phi) is 4.06. The summed E-state index contributed by atoms with van der Waals surface area (Å²) in [6.45, 7) is 6.63. The number of rotatable bonds is 1.